The van der Waals surface area contributed by atoms with Gasteiger partial charge in [-0.05, 0) is 62.9 Å². The highest BCUT2D eigenvalue weighted by molar-refractivity contribution is 6.25. The van der Waals surface area contributed by atoms with Gasteiger partial charge in [0.1, 0.15) is 0 Å². The summed E-state index contributed by atoms with van der Waals surface area (Å²) in [6, 6.07) is 32.4. The number of fused-ring (bicyclic) bond motifs is 7. The minimum Gasteiger partial charge on any atom is -0.465 e. The maximum Gasteiger partial charge on any atom is 0.313 e. The van der Waals surface area contributed by atoms with E-state index in [2.05, 4.69) is 128 Å². The lowest BCUT2D eigenvalue weighted by Gasteiger charge is -2.41. The van der Waals surface area contributed by atoms with Crippen LogP contribution in [0.25, 0.3) is 49.3 Å². The average molecular weight is 587 g/mol. The van der Waals surface area contributed by atoms with Crippen LogP contribution >= 0.6 is 0 Å². The topological polar surface area (TPSA) is 45.4 Å². The first-order valence-corrected chi connectivity index (χ1v) is 16.2. The van der Waals surface area contributed by atoms with Gasteiger partial charge in [-0.25, -0.2) is 0 Å². The summed E-state index contributed by atoms with van der Waals surface area (Å²) in [5, 5.41) is 4.85. The van der Waals surface area contributed by atoms with Crippen molar-refractivity contribution in [3.63, 3.8) is 0 Å². The number of para-hydroxylation sites is 3. The van der Waals surface area contributed by atoms with Crippen LogP contribution in [-0.2, 0) is 14.3 Å². The van der Waals surface area contributed by atoms with Crippen molar-refractivity contribution >= 4 is 49.6 Å². The highest BCUT2D eigenvalue weighted by Crippen LogP contribution is 2.47. The normalized spacial score (nSPS) is 16.7. The Morgan fingerprint density at radius 3 is 2.18 bits per heavy atom. The van der Waals surface area contributed by atoms with E-state index in [1.165, 1.54) is 32.6 Å². The standard InChI is InChI=1S/C39H42N2O3/c1-5-34(38(4,6-2)37(42)44-24-23-39(7-3)25-43-26-39)41-31-19-13-11-17-28(31)29-21-22-33-35(36(29)41)30-18-12-14-20-32(30)40(33)27-15-9-8-10-16-27/h8-22,34H,5-7,23-26H2,1-4H3. The van der Waals surface area contributed by atoms with E-state index in [0.29, 0.717) is 13.0 Å². The summed E-state index contributed by atoms with van der Waals surface area (Å²) in [6.07, 6.45) is 3.37. The number of hydrogen-bond acceptors (Lipinski definition) is 3. The van der Waals surface area contributed by atoms with E-state index in [-0.39, 0.29) is 17.4 Å². The van der Waals surface area contributed by atoms with Gasteiger partial charge in [0.15, 0.2) is 0 Å². The van der Waals surface area contributed by atoms with Crippen molar-refractivity contribution in [3.8, 4) is 5.69 Å². The summed E-state index contributed by atoms with van der Waals surface area (Å²) < 4.78 is 16.5. The Bertz CT molecular complexity index is 1980. The van der Waals surface area contributed by atoms with Crippen LogP contribution in [0.4, 0.5) is 0 Å². The van der Waals surface area contributed by atoms with Crippen LogP contribution in [-0.4, -0.2) is 34.9 Å². The Kier molecular flexibility index (Phi) is 7.25. The van der Waals surface area contributed by atoms with Gasteiger partial charge >= 0.3 is 5.97 Å². The van der Waals surface area contributed by atoms with Crippen molar-refractivity contribution in [2.45, 2.75) is 59.4 Å². The number of carbonyl (C=O) groups excluding carboxylic acids is 1. The molecular formula is C39H42N2O3. The molecular weight excluding hydrogens is 544 g/mol. The Labute approximate surface area is 259 Å². The zero-order valence-electron chi connectivity index (χ0n) is 26.3. The van der Waals surface area contributed by atoms with E-state index in [9.17, 15) is 4.79 Å². The van der Waals surface area contributed by atoms with Gasteiger partial charge in [0.25, 0.3) is 0 Å². The molecule has 4 aromatic carbocycles. The SMILES string of the molecule is CCC(n1c2ccccc2c2ccc3c(c4ccccc4n3-c3ccccc3)c21)C(C)(CC)C(=O)OCCC1(CC)COC1. The van der Waals surface area contributed by atoms with Gasteiger partial charge in [-0.2, -0.15) is 0 Å². The Morgan fingerprint density at radius 1 is 0.841 bits per heavy atom. The smallest absolute Gasteiger partial charge is 0.313 e. The first-order valence-electron chi connectivity index (χ1n) is 16.2. The van der Waals surface area contributed by atoms with Crippen LogP contribution in [0.3, 0.4) is 0 Å². The number of benzene rings is 4. The molecule has 0 aliphatic carbocycles. The van der Waals surface area contributed by atoms with Crippen molar-refractivity contribution in [2.24, 2.45) is 10.8 Å². The molecule has 3 heterocycles. The first-order chi connectivity index (χ1) is 21.5. The van der Waals surface area contributed by atoms with Crippen LogP contribution in [0, 0.1) is 10.8 Å². The maximum absolute atomic E-state index is 14.1. The summed E-state index contributed by atoms with van der Waals surface area (Å²) in [7, 11) is 0. The predicted octanol–water partition coefficient (Wildman–Crippen LogP) is 9.62. The van der Waals surface area contributed by atoms with Crippen LogP contribution < -0.4 is 0 Å². The predicted molar refractivity (Wildman–Crippen MR) is 181 cm³/mol. The number of nitrogens with zero attached hydrogens (tertiary/aromatic N) is 2. The second-order valence-electron chi connectivity index (χ2n) is 12.9. The fourth-order valence-electron chi connectivity index (χ4n) is 7.60. The molecule has 5 nitrogen and oxygen atoms in total. The molecule has 1 fully saturated rings. The van der Waals surface area contributed by atoms with Crippen molar-refractivity contribution in [1.82, 2.24) is 9.13 Å². The fourth-order valence-corrected chi connectivity index (χ4v) is 7.60. The van der Waals surface area contributed by atoms with E-state index < -0.39 is 5.41 Å². The van der Waals surface area contributed by atoms with Gasteiger partial charge in [-0.3, -0.25) is 4.79 Å². The molecule has 0 saturated carbocycles. The van der Waals surface area contributed by atoms with Crippen molar-refractivity contribution in [2.75, 3.05) is 19.8 Å². The number of aromatic nitrogens is 2. The van der Waals surface area contributed by atoms with Gasteiger partial charge in [-0.1, -0.05) is 81.4 Å². The summed E-state index contributed by atoms with van der Waals surface area (Å²) in [5.74, 6) is -0.108. The van der Waals surface area contributed by atoms with Gasteiger partial charge in [0.05, 0.1) is 41.8 Å². The highest BCUT2D eigenvalue weighted by Gasteiger charge is 2.44. The van der Waals surface area contributed by atoms with Crippen LogP contribution in [0.1, 0.15) is 59.4 Å². The van der Waals surface area contributed by atoms with E-state index in [0.717, 1.165) is 49.2 Å². The summed E-state index contributed by atoms with van der Waals surface area (Å²) >= 11 is 0. The Hall–Kier alpha value is -4.09. The molecule has 2 aromatic heterocycles. The summed E-state index contributed by atoms with van der Waals surface area (Å²) in [6.45, 7) is 10.6. The molecule has 0 spiro atoms. The zero-order chi connectivity index (χ0) is 30.5. The molecule has 1 aliphatic heterocycles. The fraction of sp³-hybridized carbons (Fsp3) is 0.359. The molecule has 2 unspecified atom stereocenters. The zero-order valence-corrected chi connectivity index (χ0v) is 26.3. The Balaban J connectivity index is 1.44. The molecule has 1 aliphatic rings. The van der Waals surface area contributed by atoms with E-state index >= 15 is 0 Å². The second kappa shape index (κ2) is 11.1. The minimum absolute atomic E-state index is 0.0981. The number of ether oxygens (including phenoxy) is 2. The molecule has 2 atom stereocenters. The van der Waals surface area contributed by atoms with Crippen LogP contribution in [0.2, 0.25) is 0 Å². The van der Waals surface area contributed by atoms with Gasteiger partial charge < -0.3 is 18.6 Å². The summed E-state index contributed by atoms with van der Waals surface area (Å²) in [4.78, 5) is 14.1. The molecule has 226 valence electrons. The monoisotopic (exact) mass is 586 g/mol. The van der Waals surface area contributed by atoms with Gasteiger partial charge in [0.2, 0.25) is 0 Å². The number of hydrogen-bond donors (Lipinski definition) is 0. The first kappa shape index (κ1) is 28.7. The van der Waals surface area contributed by atoms with E-state index in [1.807, 2.05) is 0 Å². The third-order valence-electron chi connectivity index (χ3n) is 10.6. The molecule has 6 aromatic rings. The molecule has 0 N–H and O–H groups in total. The molecule has 44 heavy (non-hydrogen) atoms. The van der Waals surface area contributed by atoms with Gasteiger partial charge in [-0.15, -0.1) is 0 Å². The maximum atomic E-state index is 14.1. The molecule has 0 amide bonds. The van der Waals surface area contributed by atoms with Crippen LogP contribution in [0.5, 0.6) is 0 Å². The molecule has 7 rings (SSSR count). The van der Waals surface area contributed by atoms with Crippen molar-refractivity contribution < 1.29 is 14.3 Å². The minimum atomic E-state index is -0.709. The third kappa shape index (κ3) is 4.28. The molecule has 0 bridgehead atoms. The summed E-state index contributed by atoms with van der Waals surface area (Å²) in [5.41, 5.74) is 5.26. The number of rotatable bonds is 10. The molecule has 1 saturated heterocycles. The van der Waals surface area contributed by atoms with E-state index in [4.69, 9.17) is 9.47 Å². The lowest BCUT2D eigenvalue weighted by molar-refractivity contribution is -0.164. The highest BCUT2D eigenvalue weighted by atomic mass is 16.5. The lowest BCUT2D eigenvalue weighted by Crippen LogP contribution is -2.44. The Morgan fingerprint density at radius 2 is 1.52 bits per heavy atom. The number of carbonyl (C=O) groups is 1. The van der Waals surface area contributed by atoms with E-state index in [1.54, 1.807) is 0 Å². The van der Waals surface area contributed by atoms with Crippen molar-refractivity contribution in [1.29, 1.82) is 0 Å². The quantitative estimate of drug-likeness (QED) is 0.150. The average Bonchev–Trinajstić information content (AvgIpc) is 3.56. The largest absolute Gasteiger partial charge is 0.465 e. The van der Waals surface area contributed by atoms with Crippen LogP contribution in [0.15, 0.2) is 91.0 Å². The lowest BCUT2D eigenvalue weighted by atomic mass is 9.77. The third-order valence-corrected chi connectivity index (χ3v) is 10.6. The molecule has 5 heteroatoms. The molecule has 0 radical (unpaired) electrons. The second-order valence-corrected chi connectivity index (χ2v) is 12.9. The van der Waals surface area contributed by atoms with Crippen molar-refractivity contribution in [3.05, 3.63) is 91.0 Å². The van der Waals surface area contributed by atoms with Gasteiger partial charge in [0, 0.05) is 44.2 Å². The number of esters is 1.